The molecular formula is C17H14O3S. The Hall–Kier alpha value is -2.33. The van der Waals surface area contributed by atoms with Crippen molar-refractivity contribution in [1.29, 1.82) is 0 Å². The summed E-state index contributed by atoms with van der Waals surface area (Å²) in [5, 5.41) is 0. The number of ketones is 1. The lowest BCUT2D eigenvalue weighted by molar-refractivity contribution is 0.0587. The third-order valence-electron chi connectivity index (χ3n) is 2.83. The van der Waals surface area contributed by atoms with Crippen LogP contribution in [-0.4, -0.2) is 18.0 Å². The van der Waals surface area contributed by atoms with Gasteiger partial charge in [0, 0.05) is 10.5 Å². The predicted molar refractivity (Wildman–Crippen MR) is 83.6 cm³/mol. The van der Waals surface area contributed by atoms with Gasteiger partial charge in [-0.25, -0.2) is 4.79 Å². The van der Waals surface area contributed by atoms with Gasteiger partial charge in [0.2, 0.25) is 5.78 Å². The highest BCUT2D eigenvalue weighted by Gasteiger charge is 2.18. The quantitative estimate of drug-likeness (QED) is 0.275. The molecule has 21 heavy (non-hydrogen) atoms. The van der Waals surface area contributed by atoms with Gasteiger partial charge in [-0.3, -0.25) is 4.79 Å². The zero-order chi connectivity index (χ0) is 15.2. The van der Waals surface area contributed by atoms with Crippen molar-refractivity contribution in [1.82, 2.24) is 0 Å². The molecule has 0 heterocycles. The largest absolute Gasteiger partial charge is 0.419 e. The second-order valence-corrected chi connectivity index (χ2v) is 5.06. The molecule has 0 atom stereocenters. The smallest absolute Gasteiger partial charge is 0.344 e. The number of allylic oxidation sites excluding steroid dienone is 1. The van der Waals surface area contributed by atoms with Crippen molar-refractivity contribution in [3.8, 4) is 0 Å². The van der Waals surface area contributed by atoms with Gasteiger partial charge in [0.05, 0.1) is 5.56 Å². The first-order valence-electron chi connectivity index (χ1n) is 6.27. The molecule has 0 fully saturated rings. The van der Waals surface area contributed by atoms with Crippen LogP contribution < -0.4 is 0 Å². The zero-order valence-corrected chi connectivity index (χ0v) is 12.4. The van der Waals surface area contributed by atoms with E-state index in [0.29, 0.717) is 11.1 Å². The van der Waals surface area contributed by atoms with E-state index in [1.807, 2.05) is 18.4 Å². The molecule has 0 unspecified atom stereocenters. The molecule has 0 amide bonds. The number of ether oxygens (including phenoxy) is 1. The molecule has 0 aliphatic heterocycles. The van der Waals surface area contributed by atoms with Crippen LogP contribution >= 0.6 is 11.8 Å². The lowest BCUT2D eigenvalue weighted by Gasteiger charge is -2.09. The van der Waals surface area contributed by atoms with Crippen molar-refractivity contribution in [2.45, 2.75) is 4.90 Å². The summed E-state index contributed by atoms with van der Waals surface area (Å²) in [5.74, 6) is -1.15. The first-order valence-corrected chi connectivity index (χ1v) is 7.50. The summed E-state index contributed by atoms with van der Waals surface area (Å²) in [6, 6.07) is 15.7. The Morgan fingerprint density at radius 3 is 2.29 bits per heavy atom. The van der Waals surface area contributed by atoms with Crippen LogP contribution in [0.15, 0.2) is 71.8 Å². The van der Waals surface area contributed by atoms with Crippen LogP contribution in [0.25, 0.3) is 0 Å². The van der Waals surface area contributed by atoms with E-state index < -0.39 is 11.8 Å². The maximum absolute atomic E-state index is 12.1. The summed E-state index contributed by atoms with van der Waals surface area (Å²) in [6.45, 7) is 3.55. The molecule has 2 rings (SSSR count). The van der Waals surface area contributed by atoms with Crippen LogP contribution in [0.5, 0.6) is 0 Å². The second kappa shape index (κ2) is 6.90. The van der Waals surface area contributed by atoms with Gasteiger partial charge in [0.25, 0.3) is 0 Å². The average Bonchev–Trinajstić information content (AvgIpc) is 2.54. The molecule has 0 spiro atoms. The summed E-state index contributed by atoms with van der Waals surface area (Å²) < 4.78 is 5.10. The minimum Gasteiger partial charge on any atom is -0.419 e. The van der Waals surface area contributed by atoms with Crippen LogP contribution in [0, 0.1) is 0 Å². The fourth-order valence-corrected chi connectivity index (χ4v) is 2.36. The lowest BCUT2D eigenvalue weighted by Crippen LogP contribution is -2.12. The van der Waals surface area contributed by atoms with Gasteiger partial charge in [-0.1, -0.05) is 49.0 Å². The predicted octanol–water partition coefficient (Wildman–Crippen LogP) is 3.96. The van der Waals surface area contributed by atoms with E-state index in [1.165, 1.54) is 11.8 Å². The third kappa shape index (κ3) is 3.61. The Morgan fingerprint density at radius 1 is 1.00 bits per heavy atom. The monoisotopic (exact) mass is 298 g/mol. The van der Waals surface area contributed by atoms with E-state index in [4.69, 9.17) is 4.74 Å². The molecule has 2 aromatic carbocycles. The highest BCUT2D eigenvalue weighted by atomic mass is 32.2. The van der Waals surface area contributed by atoms with Crippen molar-refractivity contribution in [3.05, 3.63) is 78.1 Å². The average molecular weight is 298 g/mol. The van der Waals surface area contributed by atoms with Crippen molar-refractivity contribution >= 4 is 23.5 Å². The number of hydrogen-bond acceptors (Lipinski definition) is 4. The lowest BCUT2D eigenvalue weighted by atomic mass is 10.1. The normalized spacial score (nSPS) is 9.95. The molecule has 0 radical (unpaired) electrons. The van der Waals surface area contributed by atoms with Crippen LogP contribution in [0.3, 0.4) is 0 Å². The second-order valence-electron chi connectivity index (χ2n) is 4.21. The van der Waals surface area contributed by atoms with Crippen molar-refractivity contribution in [2.75, 3.05) is 6.26 Å². The number of hydrogen-bond donors (Lipinski definition) is 0. The summed E-state index contributed by atoms with van der Waals surface area (Å²) in [7, 11) is 0. The summed E-state index contributed by atoms with van der Waals surface area (Å²) in [5.41, 5.74) is 0.862. The van der Waals surface area contributed by atoms with E-state index in [2.05, 4.69) is 6.58 Å². The molecule has 0 aliphatic carbocycles. The fraction of sp³-hybridized carbons (Fsp3) is 0.0588. The Morgan fingerprint density at radius 2 is 1.62 bits per heavy atom. The molecule has 106 valence electrons. The van der Waals surface area contributed by atoms with Crippen molar-refractivity contribution < 1.29 is 14.3 Å². The summed E-state index contributed by atoms with van der Waals surface area (Å²) in [6.07, 6.45) is 1.87. The van der Waals surface area contributed by atoms with E-state index in [9.17, 15) is 9.59 Å². The topological polar surface area (TPSA) is 43.4 Å². The zero-order valence-electron chi connectivity index (χ0n) is 11.5. The SMILES string of the molecule is C=C(OC(=O)c1ccccc1SC)C(=O)c1ccccc1. The molecular weight excluding hydrogens is 284 g/mol. The molecule has 2 aromatic rings. The van der Waals surface area contributed by atoms with Gasteiger partial charge in [-0.05, 0) is 18.4 Å². The number of carbonyl (C=O) groups is 2. The molecule has 0 aliphatic rings. The number of carbonyl (C=O) groups excluding carboxylic acids is 2. The minimum atomic E-state index is -0.575. The summed E-state index contributed by atoms with van der Waals surface area (Å²) in [4.78, 5) is 25.0. The van der Waals surface area contributed by atoms with Crippen LogP contribution in [0.4, 0.5) is 0 Å². The highest BCUT2D eigenvalue weighted by molar-refractivity contribution is 7.98. The maximum atomic E-state index is 12.1. The van der Waals surface area contributed by atoms with Crippen LogP contribution in [0.2, 0.25) is 0 Å². The molecule has 0 bridgehead atoms. The Labute approximate surface area is 127 Å². The van der Waals surface area contributed by atoms with Gasteiger partial charge in [-0.2, -0.15) is 0 Å². The van der Waals surface area contributed by atoms with Gasteiger partial charge in [-0.15, -0.1) is 11.8 Å². The number of benzene rings is 2. The Balaban J connectivity index is 2.13. The standard InChI is InChI=1S/C17H14O3S/c1-12(16(18)13-8-4-3-5-9-13)20-17(19)14-10-6-7-11-15(14)21-2/h3-11H,1H2,2H3. The molecule has 0 N–H and O–H groups in total. The molecule has 0 aromatic heterocycles. The number of esters is 1. The first-order chi connectivity index (χ1) is 10.1. The Kier molecular flexibility index (Phi) is 4.95. The minimum absolute atomic E-state index is 0.179. The van der Waals surface area contributed by atoms with Gasteiger partial charge < -0.3 is 4.74 Å². The van der Waals surface area contributed by atoms with Crippen LogP contribution in [0.1, 0.15) is 20.7 Å². The number of rotatable bonds is 5. The van der Waals surface area contributed by atoms with E-state index in [-0.39, 0.29) is 5.76 Å². The summed E-state index contributed by atoms with van der Waals surface area (Å²) >= 11 is 1.44. The number of thioether (sulfide) groups is 1. The van der Waals surface area contributed by atoms with Crippen LogP contribution in [-0.2, 0) is 4.74 Å². The van der Waals surface area contributed by atoms with Crippen molar-refractivity contribution in [3.63, 3.8) is 0 Å². The Bertz CT molecular complexity index is 677. The third-order valence-corrected chi connectivity index (χ3v) is 3.63. The maximum Gasteiger partial charge on any atom is 0.344 e. The van der Waals surface area contributed by atoms with Gasteiger partial charge in [0.15, 0.2) is 5.76 Å². The van der Waals surface area contributed by atoms with E-state index >= 15 is 0 Å². The van der Waals surface area contributed by atoms with Gasteiger partial charge in [0.1, 0.15) is 0 Å². The number of Topliss-reactive ketones (excluding diaryl/α,β-unsaturated/α-hetero) is 1. The molecule has 3 nitrogen and oxygen atoms in total. The van der Waals surface area contributed by atoms with Crippen molar-refractivity contribution in [2.24, 2.45) is 0 Å². The molecule has 0 saturated heterocycles. The molecule has 4 heteroatoms. The highest BCUT2D eigenvalue weighted by Crippen LogP contribution is 2.21. The van der Waals surface area contributed by atoms with Gasteiger partial charge >= 0.3 is 5.97 Å². The van der Waals surface area contributed by atoms with E-state index in [0.717, 1.165) is 4.90 Å². The first kappa shape index (κ1) is 15.1. The fourth-order valence-electron chi connectivity index (χ4n) is 1.78. The molecule has 0 saturated carbocycles. The van der Waals surface area contributed by atoms with E-state index in [1.54, 1.807) is 42.5 Å².